The summed E-state index contributed by atoms with van der Waals surface area (Å²) in [6.07, 6.45) is 4.05. The number of aromatic nitrogens is 1. The Balaban J connectivity index is 1.58. The van der Waals surface area contributed by atoms with Crippen LogP contribution in [0.4, 0.5) is 14.5 Å². The van der Waals surface area contributed by atoms with E-state index in [-0.39, 0.29) is 28.2 Å². The molecule has 1 aliphatic rings. The normalized spacial score (nSPS) is 18.0. The molecule has 0 bridgehead atoms. The Morgan fingerprint density at radius 3 is 2.47 bits per heavy atom. The molecule has 7 nitrogen and oxygen atoms in total. The van der Waals surface area contributed by atoms with Gasteiger partial charge in [-0.1, -0.05) is 26.0 Å². The van der Waals surface area contributed by atoms with Crippen molar-refractivity contribution < 1.29 is 31.8 Å². The number of nitrogens with one attached hydrogen (secondary N) is 1. The first-order chi connectivity index (χ1) is 17.9. The van der Waals surface area contributed by atoms with Crippen LogP contribution in [0.15, 0.2) is 34.7 Å². The van der Waals surface area contributed by atoms with Gasteiger partial charge < -0.3 is 9.84 Å². The Hall–Kier alpha value is -3.05. The Morgan fingerprint density at radius 2 is 1.87 bits per heavy atom. The van der Waals surface area contributed by atoms with Gasteiger partial charge in [0.25, 0.3) is 10.0 Å². The summed E-state index contributed by atoms with van der Waals surface area (Å²) in [5.41, 5.74) is 0.673. The fourth-order valence-corrected chi connectivity index (χ4v) is 7.26. The fourth-order valence-electron chi connectivity index (χ4n) is 5.02. The minimum atomic E-state index is -4.28. The zero-order valence-electron chi connectivity index (χ0n) is 21.5. The van der Waals surface area contributed by atoms with Gasteiger partial charge in [0.1, 0.15) is 22.4 Å². The summed E-state index contributed by atoms with van der Waals surface area (Å²) in [4.78, 5) is 15.4. The number of rotatable bonds is 8. The monoisotopic (exact) mass is 564 g/mol. The zero-order chi connectivity index (χ0) is 27.8. The number of carboxylic acid groups (broad SMARTS) is 1. The van der Waals surface area contributed by atoms with E-state index >= 15 is 4.39 Å². The van der Waals surface area contributed by atoms with Crippen LogP contribution in [0.1, 0.15) is 66.9 Å². The second-order valence-electron chi connectivity index (χ2n) is 9.93. The Morgan fingerprint density at radius 1 is 1.18 bits per heavy atom. The van der Waals surface area contributed by atoms with Crippen LogP contribution < -0.4 is 9.46 Å². The summed E-state index contributed by atoms with van der Waals surface area (Å²) in [5.74, 6) is -1.64. The number of sulfonamides is 1. The third kappa shape index (κ3) is 5.54. The predicted molar refractivity (Wildman–Crippen MR) is 143 cm³/mol. The summed E-state index contributed by atoms with van der Waals surface area (Å²) >= 11 is 1.05. The average Bonchev–Trinajstić information content (AvgIpc) is 3.36. The van der Waals surface area contributed by atoms with Crippen molar-refractivity contribution in [1.29, 1.82) is 0 Å². The lowest BCUT2D eigenvalue weighted by Crippen LogP contribution is -2.18. The molecule has 0 spiro atoms. The summed E-state index contributed by atoms with van der Waals surface area (Å²) in [7, 11) is -3.08. The fraction of sp³-hybridized carbons (Fsp3) is 0.407. The lowest BCUT2D eigenvalue weighted by molar-refractivity contribution is 0.0691. The lowest BCUT2D eigenvalue weighted by Gasteiger charge is -2.31. The van der Waals surface area contributed by atoms with Crippen molar-refractivity contribution in [2.24, 2.45) is 11.8 Å². The average molecular weight is 565 g/mol. The van der Waals surface area contributed by atoms with Gasteiger partial charge in [-0.05, 0) is 67.6 Å². The molecule has 2 aromatic carbocycles. The maximum absolute atomic E-state index is 15.5. The van der Waals surface area contributed by atoms with E-state index in [0.717, 1.165) is 49.2 Å². The van der Waals surface area contributed by atoms with Crippen molar-refractivity contribution in [3.8, 4) is 16.3 Å². The van der Waals surface area contributed by atoms with Crippen molar-refractivity contribution >= 4 is 33.0 Å². The quantitative estimate of drug-likeness (QED) is 0.311. The Labute approximate surface area is 224 Å². The molecule has 2 N–H and O–H groups in total. The topological polar surface area (TPSA) is 106 Å². The third-order valence-electron chi connectivity index (χ3n) is 7.32. The molecular formula is C27H30F2N2O5S2. The van der Waals surface area contributed by atoms with Crippen LogP contribution in [0, 0.1) is 30.4 Å². The molecule has 4 rings (SSSR count). The van der Waals surface area contributed by atoms with E-state index in [1.54, 1.807) is 19.1 Å². The number of aromatic carboxylic acids is 1. The standard InChI is InChI=1S/C27H30F2N2O5S2/c1-14(2)16-5-7-17(8-6-16)19-10-9-18(15(3)25(19)29)26-30-24(13-37-26)38(34,35)31-22-12-21(28)20(27(32)33)11-23(22)36-4/h9-14,16-17,31H,5-8H2,1-4H3,(H,32,33). The van der Waals surface area contributed by atoms with Gasteiger partial charge in [-0.2, -0.15) is 8.42 Å². The van der Waals surface area contributed by atoms with Crippen LogP contribution in [0.5, 0.6) is 5.75 Å². The first kappa shape index (κ1) is 28.0. The number of thiazole rings is 1. The molecule has 1 fully saturated rings. The highest BCUT2D eigenvalue weighted by Crippen LogP contribution is 2.41. The van der Waals surface area contributed by atoms with Crippen molar-refractivity contribution in [1.82, 2.24) is 4.98 Å². The minimum absolute atomic E-state index is 0.164. The minimum Gasteiger partial charge on any atom is -0.495 e. The molecule has 11 heteroatoms. The van der Waals surface area contributed by atoms with Crippen LogP contribution in [0.3, 0.4) is 0 Å². The van der Waals surface area contributed by atoms with Gasteiger partial charge in [-0.25, -0.2) is 18.6 Å². The molecule has 1 aromatic heterocycles. The molecule has 0 amide bonds. The van der Waals surface area contributed by atoms with Gasteiger partial charge in [0, 0.05) is 17.0 Å². The number of hydrogen-bond donors (Lipinski definition) is 2. The molecule has 3 aromatic rings. The van der Waals surface area contributed by atoms with Gasteiger partial charge >= 0.3 is 5.97 Å². The maximum Gasteiger partial charge on any atom is 0.338 e. The number of benzene rings is 2. The van der Waals surface area contributed by atoms with Gasteiger partial charge in [0.2, 0.25) is 0 Å². The third-order valence-corrected chi connectivity index (χ3v) is 9.60. The summed E-state index contributed by atoms with van der Waals surface area (Å²) in [6, 6.07) is 5.20. The molecular weight excluding hydrogens is 534 g/mol. The number of ether oxygens (including phenoxy) is 1. The van der Waals surface area contributed by atoms with Crippen molar-refractivity contribution in [2.45, 2.75) is 57.4 Å². The lowest BCUT2D eigenvalue weighted by atomic mass is 9.74. The van der Waals surface area contributed by atoms with Gasteiger partial charge in [0.05, 0.1) is 18.4 Å². The Kier molecular flexibility index (Phi) is 8.08. The highest BCUT2D eigenvalue weighted by atomic mass is 32.2. The molecule has 0 saturated heterocycles. The van der Waals surface area contributed by atoms with Crippen LogP contribution in [-0.2, 0) is 10.0 Å². The van der Waals surface area contributed by atoms with Crippen LogP contribution in [0.25, 0.3) is 10.6 Å². The second-order valence-corrected chi connectivity index (χ2v) is 12.4. The zero-order valence-corrected chi connectivity index (χ0v) is 23.2. The summed E-state index contributed by atoms with van der Waals surface area (Å²) in [6.45, 7) is 6.12. The number of hydrogen-bond acceptors (Lipinski definition) is 6. The number of anilines is 1. The number of halogens is 2. The summed E-state index contributed by atoms with van der Waals surface area (Å²) in [5, 5.41) is 10.4. The molecule has 204 valence electrons. The molecule has 0 aliphatic heterocycles. The van der Waals surface area contributed by atoms with Gasteiger partial charge in [0.15, 0.2) is 5.03 Å². The first-order valence-corrected chi connectivity index (χ1v) is 14.7. The summed E-state index contributed by atoms with van der Waals surface area (Å²) < 4.78 is 62.9. The molecule has 1 aliphatic carbocycles. The van der Waals surface area contributed by atoms with Crippen molar-refractivity contribution in [3.63, 3.8) is 0 Å². The largest absolute Gasteiger partial charge is 0.495 e. The van der Waals surface area contributed by atoms with Gasteiger partial charge in [-0.15, -0.1) is 11.3 Å². The highest BCUT2D eigenvalue weighted by molar-refractivity contribution is 7.92. The van der Waals surface area contributed by atoms with E-state index in [4.69, 9.17) is 9.84 Å². The van der Waals surface area contributed by atoms with E-state index < -0.39 is 27.4 Å². The smallest absolute Gasteiger partial charge is 0.338 e. The van der Waals surface area contributed by atoms with Crippen LogP contribution in [-0.4, -0.2) is 31.6 Å². The molecule has 0 radical (unpaired) electrons. The molecule has 0 unspecified atom stereocenters. The Bertz CT molecular complexity index is 1460. The predicted octanol–water partition coefficient (Wildman–Crippen LogP) is 6.83. The maximum atomic E-state index is 15.5. The number of carboxylic acids is 1. The molecule has 38 heavy (non-hydrogen) atoms. The van der Waals surface area contributed by atoms with E-state index in [1.807, 2.05) is 0 Å². The number of nitrogens with zero attached hydrogens (tertiary/aromatic N) is 1. The van der Waals surface area contributed by atoms with E-state index in [9.17, 15) is 17.6 Å². The molecule has 1 heterocycles. The van der Waals surface area contributed by atoms with Crippen molar-refractivity contribution in [3.05, 3.63) is 58.0 Å². The van der Waals surface area contributed by atoms with Gasteiger partial charge in [-0.3, -0.25) is 4.72 Å². The molecule has 1 saturated carbocycles. The molecule has 0 atom stereocenters. The second kappa shape index (κ2) is 11.0. The van der Waals surface area contributed by atoms with Crippen molar-refractivity contribution in [2.75, 3.05) is 11.8 Å². The highest BCUT2D eigenvalue weighted by Gasteiger charge is 2.28. The number of methoxy groups -OCH3 is 1. The van der Waals surface area contributed by atoms with Crippen LogP contribution >= 0.6 is 11.3 Å². The van der Waals surface area contributed by atoms with E-state index in [0.29, 0.717) is 33.5 Å². The van der Waals surface area contributed by atoms with E-state index in [2.05, 4.69) is 23.6 Å². The van der Waals surface area contributed by atoms with Crippen LogP contribution in [0.2, 0.25) is 0 Å². The number of carbonyl (C=O) groups is 1. The first-order valence-electron chi connectivity index (χ1n) is 12.3. The SMILES string of the molecule is COc1cc(C(=O)O)c(F)cc1NS(=O)(=O)c1csc(-c2ccc(C3CCC(C(C)C)CC3)c(F)c2C)n1. The van der Waals surface area contributed by atoms with E-state index in [1.165, 1.54) is 12.5 Å².